The highest BCUT2D eigenvalue weighted by atomic mass is 35.6. The zero-order valence-electron chi connectivity index (χ0n) is 9.34. The van der Waals surface area contributed by atoms with Crippen molar-refractivity contribution < 1.29 is 18.4 Å². The molecule has 0 unspecified atom stereocenters. The van der Waals surface area contributed by atoms with Crippen LogP contribution in [0.2, 0.25) is 6.04 Å². The first-order valence-electron chi connectivity index (χ1n) is 4.57. The van der Waals surface area contributed by atoms with Gasteiger partial charge in [-0.2, -0.15) is 0 Å². The summed E-state index contributed by atoms with van der Waals surface area (Å²) in [7, 11) is 0.495. The molecule has 0 aliphatic heterocycles. The topological polar surface area (TPSA) is 44.8 Å². The molecule has 0 aliphatic rings. The molecule has 15 heavy (non-hydrogen) atoms. The molecule has 0 aromatic heterocycles. The van der Waals surface area contributed by atoms with Gasteiger partial charge in [-0.1, -0.05) is 17.7 Å². The number of halogens is 1. The van der Waals surface area contributed by atoms with E-state index in [0.29, 0.717) is 24.6 Å². The molecule has 0 N–H and O–H groups in total. The number of hydrogen-bond donors (Lipinski definition) is 0. The summed E-state index contributed by atoms with van der Waals surface area (Å²) in [5.41, 5.74) is 0.392. The van der Waals surface area contributed by atoms with Crippen molar-refractivity contribution in [3.8, 4) is 0 Å². The Morgan fingerprint density at radius 1 is 1.40 bits per heavy atom. The Morgan fingerprint density at radius 2 is 1.93 bits per heavy atom. The lowest BCUT2D eigenvalue weighted by molar-refractivity contribution is -0.138. The summed E-state index contributed by atoms with van der Waals surface area (Å²) in [6.07, 6.45) is 0.621. The van der Waals surface area contributed by atoms with Crippen LogP contribution in [0, 0.1) is 0 Å². The molecule has 0 saturated heterocycles. The van der Waals surface area contributed by atoms with Gasteiger partial charge >= 0.3 is 13.8 Å². The minimum absolute atomic E-state index is 0.305. The van der Waals surface area contributed by atoms with E-state index in [4.69, 9.17) is 24.7 Å². The quantitative estimate of drug-likeness (QED) is 0.228. The van der Waals surface area contributed by atoms with Gasteiger partial charge in [0.2, 0.25) is 0 Å². The molecular formula is C9H17ClO4Si. The predicted octanol–water partition coefficient (Wildman–Crippen LogP) is 1.97. The van der Waals surface area contributed by atoms with Gasteiger partial charge in [-0.3, -0.25) is 0 Å². The fourth-order valence-electron chi connectivity index (χ4n) is 0.859. The van der Waals surface area contributed by atoms with Crippen LogP contribution in [0.5, 0.6) is 0 Å². The third kappa shape index (κ3) is 5.94. The predicted molar refractivity (Wildman–Crippen MR) is 60.8 cm³/mol. The number of esters is 1. The molecule has 0 aliphatic carbocycles. The zero-order chi connectivity index (χ0) is 11.9. The van der Waals surface area contributed by atoms with Crippen LogP contribution in [-0.4, -0.2) is 34.7 Å². The van der Waals surface area contributed by atoms with Gasteiger partial charge in [0.25, 0.3) is 0 Å². The van der Waals surface area contributed by atoms with Gasteiger partial charge in [0.15, 0.2) is 0 Å². The maximum atomic E-state index is 11.0. The number of carbonyl (C=O) groups excluding carboxylic acids is 1. The Balaban J connectivity index is 3.71. The summed E-state index contributed by atoms with van der Waals surface area (Å²) in [6, 6.07) is 0.574. The van der Waals surface area contributed by atoms with E-state index in [1.54, 1.807) is 6.92 Å². The van der Waals surface area contributed by atoms with Crippen molar-refractivity contribution in [3.63, 3.8) is 0 Å². The van der Waals surface area contributed by atoms with Gasteiger partial charge in [-0.05, 0) is 13.3 Å². The average Bonchev–Trinajstić information content (AvgIpc) is 2.23. The van der Waals surface area contributed by atoms with Crippen LogP contribution < -0.4 is 0 Å². The first kappa shape index (κ1) is 14.6. The van der Waals surface area contributed by atoms with Gasteiger partial charge in [-0.25, -0.2) is 4.79 Å². The van der Waals surface area contributed by atoms with E-state index in [-0.39, 0.29) is 5.97 Å². The molecule has 0 spiro atoms. The molecule has 0 rings (SSSR count). The van der Waals surface area contributed by atoms with Gasteiger partial charge in [-0.15, -0.1) is 0 Å². The van der Waals surface area contributed by atoms with Gasteiger partial charge in [0, 0.05) is 25.8 Å². The number of carbonyl (C=O) groups is 1. The second kappa shape index (κ2) is 7.00. The molecule has 0 heterocycles. The standard InChI is InChI=1S/C9H17ClO4Si/c1-8(2)9(11)14-6-5-7-15(10,12-3)13-4/h1,5-7H2,2-4H3. The third-order valence-corrected chi connectivity index (χ3v) is 5.47. The van der Waals surface area contributed by atoms with Crippen molar-refractivity contribution in [2.45, 2.75) is 19.4 Å². The van der Waals surface area contributed by atoms with Crippen LogP contribution in [0.4, 0.5) is 0 Å². The Morgan fingerprint density at radius 3 is 2.33 bits per heavy atom. The summed E-state index contributed by atoms with van der Waals surface area (Å²) in [6.45, 7) is 5.38. The molecule has 0 bridgehead atoms. The monoisotopic (exact) mass is 252 g/mol. The molecule has 0 fully saturated rings. The fourth-order valence-corrected chi connectivity index (χ4v) is 2.40. The van der Waals surface area contributed by atoms with E-state index >= 15 is 0 Å². The summed E-state index contributed by atoms with van der Waals surface area (Å²) in [5.74, 6) is -0.383. The SMILES string of the molecule is C=C(C)C(=O)OCCC[Si](Cl)(OC)OC. The van der Waals surface area contributed by atoms with E-state index in [2.05, 4.69) is 6.58 Å². The normalized spacial score (nSPS) is 11.2. The van der Waals surface area contributed by atoms with Crippen molar-refractivity contribution in [2.24, 2.45) is 0 Å². The van der Waals surface area contributed by atoms with Crippen LogP contribution in [0.1, 0.15) is 13.3 Å². The van der Waals surface area contributed by atoms with Crippen LogP contribution in [0.15, 0.2) is 12.2 Å². The minimum Gasteiger partial charge on any atom is -0.462 e. The summed E-state index contributed by atoms with van der Waals surface area (Å²) < 4.78 is 15.0. The van der Waals surface area contributed by atoms with Crippen LogP contribution >= 0.6 is 11.1 Å². The Hall–Kier alpha value is -0.363. The maximum Gasteiger partial charge on any atom is 0.442 e. The van der Waals surface area contributed by atoms with E-state index in [1.165, 1.54) is 14.2 Å². The van der Waals surface area contributed by atoms with E-state index in [1.807, 2.05) is 0 Å². The molecule has 0 aromatic carbocycles. The smallest absolute Gasteiger partial charge is 0.442 e. The lowest BCUT2D eigenvalue weighted by Gasteiger charge is -2.19. The lowest BCUT2D eigenvalue weighted by atomic mass is 10.4. The second-order valence-corrected chi connectivity index (χ2v) is 7.45. The van der Waals surface area contributed by atoms with Crippen molar-refractivity contribution in [1.29, 1.82) is 0 Å². The van der Waals surface area contributed by atoms with E-state index in [0.717, 1.165) is 0 Å². The molecule has 0 aromatic rings. The summed E-state index contributed by atoms with van der Waals surface area (Å²) in [5, 5.41) is 0. The number of rotatable bonds is 7. The average molecular weight is 253 g/mol. The van der Waals surface area contributed by atoms with E-state index in [9.17, 15) is 4.79 Å². The molecule has 6 heteroatoms. The molecule has 0 radical (unpaired) electrons. The zero-order valence-corrected chi connectivity index (χ0v) is 11.1. The van der Waals surface area contributed by atoms with Crippen molar-refractivity contribution in [2.75, 3.05) is 20.8 Å². The van der Waals surface area contributed by atoms with Crippen LogP contribution in [-0.2, 0) is 18.4 Å². The molecule has 0 atom stereocenters. The van der Waals surface area contributed by atoms with Crippen molar-refractivity contribution in [1.82, 2.24) is 0 Å². The van der Waals surface area contributed by atoms with Crippen molar-refractivity contribution in [3.05, 3.63) is 12.2 Å². The molecule has 88 valence electrons. The Labute approximate surface area is 96.1 Å². The Bertz CT molecular complexity index is 228. The fraction of sp³-hybridized carbons (Fsp3) is 0.667. The van der Waals surface area contributed by atoms with Crippen molar-refractivity contribution >= 4 is 24.9 Å². The number of hydrogen-bond acceptors (Lipinski definition) is 4. The first-order chi connectivity index (χ1) is 6.95. The van der Waals surface area contributed by atoms with Gasteiger partial charge in [0.05, 0.1) is 6.61 Å². The van der Waals surface area contributed by atoms with Crippen LogP contribution in [0.3, 0.4) is 0 Å². The molecular weight excluding hydrogens is 236 g/mol. The highest BCUT2D eigenvalue weighted by Gasteiger charge is 2.32. The maximum absolute atomic E-state index is 11.0. The highest BCUT2D eigenvalue weighted by molar-refractivity contribution is 7.12. The second-order valence-electron chi connectivity index (χ2n) is 3.09. The van der Waals surface area contributed by atoms with Crippen LogP contribution in [0.25, 0.3) is 0 Å². The summed E-state index contributed by atoms with van der Waals surface area (Å²) in [4.78, 5) is 11.0. The van der Waals surface area contributed by atoms with E-state index < -0.39 is 7.87 Å². The lowest BCUT2D eigenvalue weighted by Crippen LogP contribution is -2.33. The summed E-state index contributed by atoms with van der Waals surface area (Å²) >= 11 is 6.02. The largest absolute Gasteiger partial charge is 0.462 e. The number of ether oxygens (including phenoxy) is 1. The highest BCUT2D eigenvalue weighted by Crippen LogP contribution is 2.18. The molecule has 0 saturated carbocycles. The Kier molecular flexibility index (Phi) is 6.83. The first-order valence-corrected chi connectivity index (χ1v) is 7.60. The third-order valence-electron chi connectivity index (χ3n) is 1.81. The molecule has 4 nitrogen and oxygen atoms in total. The molecule has 0 amide bonds. The van der Waals surface area contributed by atoms with Gasteiger partial charge in [0.1, 0.15) is 0 Å². The van der Waals surface area contributed by atoms with Gasteiger partial charge < -0.3 is 13.6 Å². The minimum atomic E-state index is -2.54.